The number of halogens is 1. The van der Waals surface area contributed by atoms with Crippen molar-refractivity contribution in [2.45, 2.75) is 45.3 Å². The third-order valence-corrected chi connectivity index (χ3v) is 3.27. The van der Waals surface area contributed by atoms with Crippen molar-refractivity contribution in [3.8, 4) is 0 Å². The second kappa shape index (κ2) is 7.78. The second-order valence-corrected chi connectivity index (χ2v) is 6.28. The number of nitrogens with one attached hydrogen (secondary N) is 1. The summed E-state index contributed by atoms with van der Waals surface area (Å²) in [4.78, 5) is 5.30. The molecule has 1 aliphatic rings. The quantitative estimate of drug-likeness (QED) is 0.822. The summed E-state index contributed by atoms with van der Waals surface area (Å²) in [6.45, 7) is 6.92. The zero-order valence-corrected chi connectivity index (χ0v) is 13.7. The van der Waals surface area contributed by atoms with Crippen molar-refractivity contribution >= 4 is 18.1 Å². The number of aliphatic hydroxyl groups excluding tert-OH is 1. The van der Waals surface area contributed by atoms with Crippen molar-refractivity contribution in [3.05, 3.63) is 35.4 Å². The molecule has 2 rings (SSSR count). The first kappa shape index (κ1) is 18.0. The molecule has 0 aliphatic heterocycles. The van der Waals surface area contributed by atoms with Crippen molar-refractivity contribution in [1.29, 1.82) is 0 Å². The summed E-state index contributed by atoms with van der Waals surface area (Å²) in [5, 5.41) is 17.2. The van der Waals surface area contributed by atoms with Gasteiger partial charge in [0.25, 0.3) is 0 Å². The highest BCUT2D eigenvalue weighted by Crippen LogP contribution is 2.22. The summed E-state index contributed by atoms with van der Waals surface area (Å²) in [6, 6.07) is 8.26. The van der Waals surface area contributed by atoms with E-state index in [2.05, 4.69) is 43.4 Å². The van der Waals surface area contributed by atoms with Crippen LogP contribution < -0.4 is 5.32 Å². The maximum absolute atomic E-state index is 9.82. The lowest BCUT2D eigenvalue weighted by Crippen LogP contribution is -2.42. The molecule has 0 spiro atoms. The highest BCUT2D eigenvalue weighted by Gasteiger charge is 2.17. The largest absolute Gasteiger partial charge is 0.393 e. The van der Waals surface area contributed by atoms with Crippen molar-refractivity contribution in [2.75, 3.05) is 13.2 Å². The predicted octanol–water partition coefficient (Wildman–Crippen LogP) is 2.52. The van der Waals surface area contributed by atoms with Gasteiger partial charge in [-0.1, -0.05) is 29.4 Å². The minimum Gasteiger partial charge on any atom is -0.393 e. The Morgan fingerprint density at radius 2 is 2.00 bits per heavy atom. The number of oxime groups is 1. The standard InChI is InChI=1S/C16H24N2O2.ClH/c1-16(2,3)17-10-13(19)11-20-18-15-9-8-12-6-4-5-7-14(12)15;/h4-7,13,17,19H,8-11H2,1-3H3;1H/b18-15+;. The molecule has 1 unspecified atom stereocenters. The zero-order valence-electron chi connectivity index (χ0n) is 12.9. The fourth-order valence-corrected chi connectivity index (χ4v) is 2.19. The lowest BCUT2D eigenvalue weighted by Gasteiger charge is -2.22. The molecular formula is C16H25ClN2O2. The fourth-order valence-electron chi connectivity index (χ4n) is 2.19. The van der Waals surface area contributed by atoms with Crippen LogP contribution in [0.2, 0.25) is 0 Å². The van der Waals surface area contributed by atoms with Crippen LogP contribution in [0.15, 0.2) is 29.4 Å². The monoisotopic (exact) mass is 312 g/mol. The third-order valence-electron chi connectivity index (χ3n) is 3.27. The van der Waals surface area contributed by atoms with Gasteiger partial charge < -0.3 is 15.3 Å². The SMILES string of the molecule is CC(C)(C)NCC(O)CO/N=C1\CCc2ccccc21.Cl. The van der Waals surface area contributed by atoms with E-state index in [1.54, 1.807) is 0 Å². The highest BCUT2D eigenvalue weighted by molar-refractivity contribution is 6.04. The lowest BCUT2D eigenvalue weighted by atomic mass is 10.1. The molecule has 0 saturated heterocycles. The molecule has 0 amide bonds. The van der Waals surface area contributed by atoms with E-state index in [0.29, 0.717) is 6.54 Å². The van der Waals surface area contributed by atoms with Crippen LogP contribution in [-0.2, 0) is 11.3 Å². The van der Waals surface area contributed by atoms with Gasteiger partial charge in [-0.05, 0) is 39.2 Å². The normalized spacial score (nSPS) is 17.2. The molecule has 0 fully saturated rings. The number of hydrogen-bond acceptors (Lipinski definition) is 4. The number of β-amino-alcohol motifs (C(OH)–C–C–N with tert-alkyl or cyclic N) is 1. The van der Waals surface area contributed by atoms with Crippen molar-refractivity contribution in [3.63, 3.8) is 0 Å². The lowest BCUT2D eigenvalue weighted by molar-refractivity contribution is 0.0371. The fraction of sp³-hybridized carbons (Fsp3) is 0.562. The van der Waals surface area contributed by atoms with Gasteiger partial charge in [0, 0.05) is 17.6 Å². The van der Waals surface area contributed by atoms with Gasteiger partial charge in [-0.2, -0.15) is 0 Å². The zero-order chi connectivity index (χ0) is 14.6. The molecule has 0 bridgehead atoms. The van der Waals surface area contributed by atoms with Crippen LogP contribution in [0.1, 0.15) is 38.3 Å². The van der Waals surface area contributed by atoms with Gasteiger partial charge in [-0.15, -0.1) is 12.4 Å². The van der Waals surface area contributed by atoms with E-state index in [1.165, 1.54) is 11.1 Å². The van der Waals surface area contributed by atoms with Gasteiger partial charge in [-0.3, -0.25) is 0 Å². The summed E-state index contributed by atoms with van der Waals surface area (Å²) < 4.78 is 0. The maximum Gasteiger partial charge on any atom is 0.144 e. The van der Waals surface area contributed by atoms with Gasteiger partial charge in [0.05, 0.1) is 5.71 Å². The molecule has 2 N–H and O–H groups in total. The highest BCUT2D eigenvalue weighted by atomic mass is 35.5. The predicted molar refractivity (Wildman–Crippen MR) is 88.3 cm³/mol. The van der Waals surface area contributed by atoms with Crippen molar-refractivity contribution < 1.29 is 9.94 Å². The van der Waals surface area contributed by atoms with Crippen LogP contribution >= 0.6 is 12.4 Å². The Labute approximate surface area is 133 Å². The van der Waals surface area contributed by atoms with Crippen molar-refractivity contribution in [1.82, 2.24) is 5.32 Å². The summed E-state index contributed by atoms with van der Waals surface area (Å²) in [5.74, 6) is 0. The first-order chi connectivity index (χ1) is 9.46. The van der Waals surface area contributed by atoms with Gasteiger partial charge in [-0.25, -0.2) is 0 Å². The third kappa shape index (κ3) is 5.65. The van der Waals surface area contributed by atoms with Crippen LogP contribution in [0.4, 0.5) is 0 Å². The van der Waals surface area contributed by atoms with Crippen molar-refractivity contribution in [2.24, 2.45) is 5.16 Å². The maximum atomic E-state index is 9.82. The first-order valence-electron chi connectivity index (χ1n) is 7.16. The first-order valence-corrected chi connectivity index (χ1v) is 7.16. The molecule has 0 aromatic heterocycles. The molecule has 21 heavy (non-hydrogen) atoms. The average molecular weight is 313 g/mol. The second-order valence-electron chi connectivity index (χ2n) is 6.28. The van der Waals surface area contributed by atoms with E-state index in [9.17, 15) is 5.11 Å². The van der Waals surface area contributed by atoms with Gasteiger partial charge in [0.2, 0.25) is 0 Å². The van der Waals surface area contributed by atoms with Gasteiger partial charge in [0.15, 0.2) is 0 Å². The minimum atomic E-state index is -0.546. The Kier molecular flexibility index (Phi) is 6.65. The Bertz CT molecular complexity index is 483. The number of rotatable bonds is 5. The van der Waals surface area contributed by atoms with Crippen LogP contribution in [0.3, 0.4) is 0 Å². The molecule has 118 valence electrons. The number of benzene rings is 1. The molecule has 1 aliphatic carbocycles. The van der Waals surface area contributed by atoms with Crippen LogP contribution in [0, 0.1) is 0 Å². The Morgan fingerprint density at radius 3 is 2.71 bits per heavy atom. The Balaban J connectivity index is 0.00000220. The number of aryl methyl sites for hydroxylation is 1. The number of hydrogen-bond donors (Lipinski definition) is 2. The number of nitrogens with zero attached hydrogens (tertiary/aromatic N) is 1. The summed E-state index contributed by atoms with van der Waals surface area (Å²) in [6.07, 6.45) is 1.39. The van der Waals surface area contributed by atoms with E-state index >= 15 is 0 Å². The molecular weight excluding hydrogens is 288 g/mol. The van der Waals surface area contributed by atoms with E-state index < -0.39 is 6.10 Å². The molecule has 1 aromatic carbocycles. The molecule has 0 heterocycles. The number of fused-ring (bicyclic) bond motifs is 1. The molecule has 5 heteroatoms. The summed E-state index contributed by atoms with van der Waals surface area (Å²) >= 11 is 0. The van der Waals surface area contributed by atoms with Crippen LogP contribution in [-0.4, -0.2) is 35.6 Å². The van der Waals surface area contributed by atoms with Gasteiger partial charge in [0.1, 0.15) is 12.7 Å². The van der Waals surface area contributed by atoms with E-state index in [-0.39, 0.29) is 24.6 Å². The molecule has 1 atom stereocenters. The summed E-state index contributed by atoms with van der Waals surface area (Å²) in [7, 11) is 0. The molecule has 0 radical (unpaired) electrons. The van der Waals surface area contributed by atoms with Crippen LogP contribution in [0.5, 0.6) is 0 Å². The average Bonchev–Trinajstić information content (AvgIpc) is 2.79. The Hall–Kier alpha value is -1.10. The summed E-state index contributed by atoms with van der Waals surface area (Å²) in [5.41, 5.74) is 3.48. The van der Waals surface area contributed by atoms with E-state index in [0.717, 1.165) is 18.6 Å². The molecule has 4 nitrogen and oxygen atoms in total. The number of aliphatic hydroxyl groups is 1. The smallest absolute Gasteiger partial charge is 0.144 e. The van der Waals surface area contributed by atoms with Gasteiger partial charge >= 0.3 is 0 Å². The molecule has 0 saturated carbocycles. The molecule has 1 aromatic rings. The van der Waals surface area contributed by atoms with Crippen LogP contribution in [0.25, 0.3) is 0 Å². The Morgan fingerprint density at radius 1 is 1.29 bits per heavy atom. The topological polar surface area (TPSA) is 53.8 Å². The van der Waals surface area contributed by atoms with E-state index in [1.807, 2.05) is 12.1 Å². The van der Waals surface area contributed by atoms with E-state index in [4.69, 9.17) is 4.84 Å². The minimum absolute atomic E-state index is 0.